The number of hydrogen-bond acceptors (Lipinski definition) is 6. The minimum absolute atomic E-state index is 0.0998. The Morgan fingerprint density at radius 3 is 2.26 bits per heavy atom. The van der Waals surface area contributed by atoms with Crippen molar-refractivity contribution in [3.05, 3.63) is 59.7 Å². The van der Waals surface area contributed by atoms with Crippen LogP contribution < -0.4 is 10.3 Å². The molecule has 0 atom stereocenters. The van der Waals surface area contributed by atoms with Crippen LogP contribution >= 0.6 is 11.8 Å². The molecular formula is C27H36N6OS. The van der Waals surface area contributed by atoms with E-state index in [2.05, 4.69) is 104 Å². The Kier molecular flexibility index (Phi) is 9.09. The van der Waals surface area contributed by atoms with Crippen LogP contribution in [0.2, 0.25) is 0 Å². The summed E-state index contributed by atoms with van der Waals surface area (Å²) in [4.78, 5) is 14.6. The predicted octanol–water partition coefficient (Wildman–Crippen LogP) is 5.35. The number of nitrogens with one attached hydrogen (secondary N) is 1. The molecule has 0 saturated carbocycles. The topological polar surface area (TPSA) is 75.4 Å². The average Bonchev–Trinajstić information content (AvgIpc) is 3.27. The van der Waals surface area contributed by atoms with Gasteiger partial charge in [-0.1, -0.05) is 68.9 Å². The van der Waals surface area contributed by atoms with Gasteiger partial charge in [-0.05, 0) is 49.4 Å². The van der Waals surface area contributed by atoms with Crippen LogP contribution in [0.15, 0.2) is 58.8 Å². The zero-order chi connectivity index (χ0) is 25.4. The Bertz CT molecular complexity index is 1130. The fraction of sp³-hybridized carbons (Fsp3) is 0.407. The number of amides is 1. The normalized spacial score (nSPS) is 11.7. The van der Waals surface area contributed by atoms with Crippen molar-refractivity contribution in [2.45, 2.75) is 58.7 Å². The molecule has 0 aliphatic heterocycles. The van der Waals surface area contributed by atoms with Gasteiger partial charge < -0.3 is 9.47 Å². The Morgan fingerprint density at radius 1 is 1.03 bits per heavy atom. The number of benzene rings is 2. The zero-order valence-corrected chi connectivity index (χ0v) is 22.4. The second-order valence-electron chi connectivity index (χ2n) is 9.22. The lowest BCUT2D eigenvalue weighted by atomic mass is 9.87. The number of rotatable bonds is 10. The first kappa shape index (κ1) is 26.5. The molecule has 1 aromatic heterocycles. The van der Waals surface area contributed by atoms with Gasteiger partial charge in [0, 0.05) is 30.9 Å². The van der Waals surface area contributed by atoms with Gasteiger partial charge in [0.25, 0.3) is 5.91 Å². The lowest BCUT2D eigenvalue weighted by molar-refractivity contribution is -0.118. The summed E-state index contributed by atoms with van der Waals surface area (Å²) in [5, 5.41) is 13.5. The average molecular weight is 493 g/mol. The summed E-state index contributed by atoms with van der Waals surface area (Å²) in [6.07, 6.45) is 1.66. The van der Waals surface area contributed by atoms with E-state index in [-0.39, 0.29) is 17.1 Å². The molecule has 2 aromatic carbocycles. The van der Waals surface area contributed by atoms with E-state index in [9.17, 15) is 4.79 Å². The van der Waals surface area contributed by atoms with Crippen LogP contribution in [0.4, 0.5) is 5.69 Å². The molecule has 7 nitrogen and oxygen atoms in total. The molecule has 35 heavy (non-hydrogen) atoms. The molecule has 1 heterocycles. The van der Waals surface area contributed by atoms with Gasteiger partial charge in [0.15, 0.2) is 11.0 Å². The minimum Gasteiger partial charge on any atom is -0.372 e. The number of carbonyl (C=O) groups excluding carboxylic acids is 1. The van der Waals surface area contributed by atoms with Gasteiger partial charge in [0.05, 0.1) is 12.0 Å². The standard InChI is InChI=1S/C27H36N6OS/c1-7-32(8-2)23-16-10-20(11-17-23)18-28-29-24(34)19-35-26-31-30-25(33(26)9-3)21-12-14-22(15-13-21)27(4,5)6/h10-18H,7-9,19H2,1-6H3,(H,29,34)/b28-18+. The van der Waals surface area contributed by atoms with Crippen LogP contribution in [0.25, 0.3) is 11.4 Å². The van der Waals surface area contributed by atoms with Crippen molar-refractivity contribution in [1.82, 2.24) is 20.2 Å². The first-order valence-electron chi connectivity index (χ1n) is 12.1. The Morgan fingerprint density at radius 2 is 1.69 bits per heavy atom. The van der Waals surface area contributed by atoms with Crippen molar-refractivity contribution in [3.8, 4) is 11.4 Å². The van der Waals surface area contributed by atoms with E-state index in [4.69, 9.17) is 0 Å². The lowest BCUT2D eigenvalue weighted by Gasteiger charge is -2.20. The van der Waals surface area contributed by atoms with E-state index < -0.39 is 0 Å². The highest BCUT2D eigenvalue weighted by Crippen LogP contribution is 2.27. The van der Waals surface area contributed by atoms with Gasteiger partial charge in [-0.3, -0.25) is 4.79 Å². The maximum atomic E-state index is 12.3. The highest BCUT2D eigenvalue weighted by atomic mass is 32.2. The van der Waals surface area contributed by atoms with Gasteiger partial charge >= 0.3 is 0 Å². The Labute approximate surface area is 213 Å². The summed E-state index contributed by atoms with van der Waals surface area (Å²) in [6, 6.07) is 16.6. The molecule has 0 aliphatic carbocycles. The number of hydrazone groups is 1. The number of anilines is 1. The van der Waals surface area contributed by atoms with Crippen LogP contribution in [0, 0.1) is 0 Å². The van der Waals surface area contributed by atoms with Gasteiger partial charge in [-0.25, -0.2) is 5.43 Å². The SMILES string of the molecule is CCN(CC)c1ccc(/C=N/NC(=O)CSc2nnc(-c3ccc(C(C)(C)C)cc3)n2CC)cc1. The number of hydrogen-bond donors (Lipinski definition) is 1. The van der Waals surface area contributed by atoms with Gasteiger partial charge in [-0.2, -0.15) is 5.10 Å². The van der Waals surface area contributed by atoms with E-state index >= 15 is 0 Å². The van der Waals surface area contributed by atoms with Gasteiger partial charge in [0.2, 0.25) is 0 Å². The van der Waals surface area contributed by atoms with E-state index in [1.165, 1.54) is 23.0 Å². The van der Waals surface area contributed by atoms with Crippen molar-refractivity contribution in [3.63, 3.8) is 0 Å². The van der Waals surface area contributed by atoms with Gasteiger partial charge in [-0.15, -0.1) is 10.2 Å². The summed E-state index contributed by atoms with van der Waals surface area (Å²) in [5.41, 5.74) is 7.10. The third-order valence-corrected chi connectivity index (χ3v) is 6.77. The van der Waals surface area contributed by atoms with E-state index in [1.54, 1.807) is 6.21 Å². The van der Waals surface area contributed by atoms with Crippen LogP contribution in [0.3, 0.4) is 0 Å². The van der Waals surface area contributed by atoms with Crippen molar-refractivity contribution in [2.24, 2.45) is 5.10 Å². The summed E-state index contributed by atoms with van der Waals surface area (Å²) in [5.74, 6) is 0.828. The highest BCUT2D eigenvalue weighted by Gasteiger charge is 2.17. The molecule has 0 unspecified atom stereocenters. The number of aromatic nitrogens is 3. The molecule has 1 N–H and O–H groups in total. The molecule has 3 rings (SSSR count). The molecule has 8 heteroatoms. The second-order valence-corrected chi connectivity index (χ2v) is 10.2. The first-order chi connectivity index (χ1) is 16.8. The van der Waals surface area contributed by atoms with E-state index in [0.29, 0.717) is 5.16 Å². The van der Waals surface area contributed by atoms with Crippen LogP contribution in [0.1, 0.15) is 52.7 Å². The third kappa shape index (κ3) is 6.94. The van der Waals surface area contributed by atoms with Crippen molar-refractivity contribution < 1.29 is 4.79 Å². The fourth-order valence-electron chi connectivity index (χ4n) is 3.71. The van der Waals surface area contributed by atoms with Crippen LogP contribution in [-0.2, 0) is 16.8 Å². The summed E-state index contributed by atoms with van der Waals surface area (Å²) in [7, 11) is 0. The molecule has 3 aromatic rings. The van der Waals surface area contributed by atoms with Crippen molar-refractivity contribution in [2.75, 3.05) is 23.7 Å². The summed E-state index contributed by atoms with van der Waals surface area (Å²) >= 11 is 1.36. The number of thioether (sulfide) groups is 1. The quantitative estimate of drug-likeness (QED) is 0.235. The third-order valence-electron chi connectivity index (χ3n) is 5.80. The number of nitrogens with zero attached hydrogens (tertiary/aromatic N) is 5. The van der Waals surface area contributed by atoms with E-state index in [1.807, 2.05) is 16.7 Å². The molecule has 0 fully saturated rings. The maximum absolute atomic E-state index is 12.3. The Hall–Kier alpha value is -3.13. The maximum Gasteiger partial charge on any atom is 0.250 e. The molecule has 0 aliphatic rings. The second kappa shape index (κ2) is 12.0. The molecule has 0 bridgehead atoms. The minimum atomic E-state index is -0.187. The fourth-order valence-corrected chi connectivity index (χ4v) is 4.51. The largest absolute Gasteiger partial charge is 0.372 e. The molecular weight excluding hydrogens is 456 g/mol. The van der Waals surface area contributed by atoms with Crippen molar-refractivity contribution in [1.29, 1.82) is 0 Å². The van der Waals surface area contributed by atoms with Crippen LogP contribution in [0.5, 0.6) is 0 Å². The smallest absolute Gasteiger partial charge is 0.250 e. The molecule has 186 valence electrons. The predicted molar refractivity (Wildman–Crippen MR) is 146 cm³/mol. The summed E-state index contributed by atoms with van der Waals surface area (Å²) < 4.78 is 2.03. The molecule has 0 spiro atoms. The zero-order valence-electron chi connectivity index (χ0n) is 21.6. The lowest BCUT2D eigenvalue weighted by Crippen LogP contribution is -2.21. The molecule has 0 radical (unpaired) electrons. The molecule has 1 amide bonds. The molecule has 0 saturated heterocycles. The van der Waals surface area contributed by atoms with Crippen LogP contribution in [-0.4, -0.2) is 45.7 Å². The Balaban J connectivity index is 1.57. The highest BCUT2D eigenvalue weighted by molar-refractivity contribution is 7.99. The van der Waals surface area contributed by atoms with E-state index in [0.717, 1.165) is 36.6 Å². The first-order valence-corrected chi connectivity index (χ1v) is 13.1. The van der Waals surface area contributed by atoms with Crippen molar-refractivity contribution >= 4 is 29.6 Å². The number of carbonyl (C=O) groups is 1. The van der Waals surface area contributed by atoms with Gasteiger partial charge in [0.1, 0.15) is 0 Å². The summed E-state index contributed by atoms with van der Waals surface area (Å²) in [6.45, 7) is 15.6. The monoisotopic (exact) mass is 492 g/mol.